The van der Waals surface area contributed by atoms with E-state index in [-0.39, 0.29) is 18.0 Å². The molecule has 30 heavy (non-hydrogen) atoms. The summed E-state index contributed by atoms with van der Waals surface area (Å²) in [7, 11) is 0. The van der Waals surface area contributed by atoms with Crippen molar-refractivity contribution >= 4 is 28.2 Å². The van der Waals surface area contributed by atoms with E-state index in [1.54, 1.807) is 30.6 Å². The summed E-state index contributed by atoms with van der Waals surface area (Å²) in [5.41, 5.74) is 2.39. The Morgan fingerprint density at radius 3 is 2.97 bits per heavy atom. The van der Waals surface area contributed by atoms with Crippen molar-refractivity contribution in [2.45, 2.75) is 18.9 Å². The predicted molar refractivity (Wildman–Crippen MR) is 109 cm³/mol. The van der Waals surface area contributed by atoms with Crippen LogP contribution in [0.3, 0.4) is 0 Å². The van der Waals surface area contributed by atoms with Gasteiger partial charge in [0, 0.05) is 23.3 Å². The average Bonchev–Trinajstić information content (AvgIpc) is 3.10. The van der Waals surface area contributed by atoms with Crippen LogP contribution in [0.5, 0.6) is 0 Å². The molecule has 2 aliphatic rings. The number of aromatic nitrogens is 6. The van der Waals surface area contributed by atoms with Crippen LogP contribution in [0.4, 0.5) is 0 Å². The van der Waals surface area contributed by atoms with E-state index >= 15 is 0 Å². The van der Waals surface area contributed by atoms with Crippen LogP contribution in [-0.2, 0) is 6.54 Å². The van der Waals surface area contributed by atoms with Gasteiger partial charge in [-0.2, -0.15) is 4.98 Å². The zero-order valence-electron chi connectivity index (χ0n) is 15.6. The molecule has 0 unspecified atom stereocenters. The van der Waals surface area contributed by atoms with Gasteiger partial charge in [-0.25, -0.2) is 9.97 Å². The van der Waals surface area contributed by atoms with Crippen LogP contribution in [0.1, 0.15) is 29.7 Å². The van der Waals surface area contributed by atoms with Gasteiger partial charge in [-0.15, -0.1) is 0 Å². The van der Waals surface area contributed by atoms with Crippen molar-refractivity contribution in [3.05, 3.63) is 81.8 Å². The number of halogens is 1. The van der Waals surface area contributed by atoms with Gasteiger partial charge in [-0.1, -0.05) is 22.8 Å². The van der Waals surface area contributed by atoms with Gasteiger partial charge in [-0.05, 0) is 48.1 Å². The van der Waals surface area contributed by atoms with Crippen LogP contribution in [0.25, 0.3) is 16.6 Å². The summed E-state index contributed by atoms with van der Waals surface area (Å²) < 4.78 is 6.87. The number of rotatable bonds is 4. The van der Waals surface area contributed by atoms with E-state index in [9.17, 15) is 4.79 Å². The molecule has 4 heterocycles. The second-order valence-corrected chi connectivity index (χ2v) is 8.06. The number of pyridine rings is 2. The maximum absolute atomic E-state index is 12.6. The van der Waals surface area contributed by atoms with Crippen LogP contribution >= 0.6 is 11.6 Å². The lowest BCUT2D eigenvalue weighted by Gasteiger charge is -2.04. The zero-order chi connectivity index (χ0) is 20.2. The topological polar surface area (TPSA) is 99.6 Å². The summed E-state index contributed by atoms with van der Waals surface area (Å²) in [6.07, 6.45) is 7.96. The lowest BCUT2D eigenvalue weighted by Crippen LogP contribution is -2.21. The van der Waals surface area contributed by atoms with Crippen molar-refractivity contribution in [2.75, 3.05) is 0 Å². The minimum absolute atomic E-state index is 0.180. The van der Waals surface area contributed by atoms with Gasteiger partial charge in [0.05, 0.1) is 11.1 Å². The minimum Gasteiger partial charge on any atom is -0.337 e. The lowest BCUT2D eigenvalue weighted by atomic mass is 10.1. The van der Waals surface area contributed by atoms with Crippen LogP contribution in [-0.4, -0.2) is 29.7 Å². The first-order valence-electron chi connectivity index (χ1n) is 9.62. The van der Waals surface area contributed by atoms with Crippen LogP contribution in [0.2, 0.25) is 5.02 Å². The molecular weight excluding hydrogens is 404 g/mol. The Morgan fingerprint density at radius 1 is 1.20 bits per heavy atom. The van der Waals surface area contributed by atoms with Crippen molar-refractivity contribution < 1.29 is 4.52 Å². The highest BCUT2D eigenvalue weighted by Crippen LogP contribution is 2.62. The molecule has 0 aliphatic heterocycles. The fourth-order valence-corrected chi connectivity index (χ4v) is 4.46. The molecule has 0 N–H and O–H groups in total. The summed E-state index contributed by atoms with van der Waals surface area (Å²) >= 11 is 6.08. The Balaban J connectivity index is 1.20. The fourth-order valence-electron chi connectivity index (χ4n) is 4.30. The second kappa shape index (κ2) is 6.56. The summed E-state index contributed by atoms with van der Waals surface area (Å²) in [4.78, 5) is 29.9. The van der Waals surface area contributed by atoms with Crippen molar-refractivity contribution in [2.24, 2.45) is 11.8 Å². The highest BCUT2D eigenvalue weighted by Gasteiger charge is 2.55. The summed E-state index contributed by atoms with van der Waals surface area (Å²) in [6.45, 7) is 0.180. The molecule has 148 valence electrons. The molecule has 2 aliphatic carbocycles. The molecule has 0 radical (unpaired) electrons. The first-order valence-corrected chi connectivity index (χ1v) is 10.0. The largest absolute Gasteiger partial charge is 0.337 e. The van der Waals surface area contributed by atoms with Gasteiger partial charge in [0.2, 0.25) is 5.89 Å². The van der Waals surface area contributed by atoms with Gasteiger partial charge >= 0.3 is 0 Å². The molecule has 4 aromatic heterocycles. The molecule has 9 heteroatoms. The molecule has 0 aromatic carbocycles. The van der Waals surface area contributed by atoms with Crippen LogP contribution < -0.4 is 5.56 Å². The molecule has 0 bridgehead atoms. The van der Waals surface area contributed by atoms with E-state index in [0.29, 0.717) is 39.6 Å². The van der Waals surface area contributed by atoms with E-state index in [2.05, 4.69) is 31.2 Å². The lowest BCUT2D eigenvalue weighted by molar-refractivity contribution is 0.364. The normalized spacial score (nSPS) is 22.2. The number of hydrogen-bond donors (Lipinski definition) is 0. The molecule has 4 aromatic rings. The third kappa shape index (κ3) is 2.83. The maximum atomic E-state index is 12.6. The van der Waals surface area contributed by atoms with E-state index in [1.165, 1.54) is 16.5 Å². The predicted octanol–water partition coefficient (Wildman–Crippen LogP) is 3.09. The molecule has 6 rings (SSSR count). The quantitative estimate of drug-likeness (QED) is 0.502. The Bertz CT molecular complexity index is 1380. The summed E-state index contributed by atoms with van der Waals surface area (Å²) in [5, 5.41) is 5.31. The molecule has 0 spiro atoms. The Labute approximate surface area is 175 Å². The maximum Gasteiger partial charge on any atom is 0.263 e. The minimum atomic E-state index is -0.183. The van der Waals surface area contributed by atoms with E-state index in [4.69, 9.17) is 16.1 Å². The standard InChI is InChI=1S/C21H15ClN6O2/c22-12-3-5-23-16(8-12)11-6-14-15(7-11)18(14)20-26-17(30-27-20)9-28-10-25-19-13(21(28)29)2-1-4-24-19/h1-6,8,10,14-15,18H,7,9H2/t14-,15+,18+/m0/s1. The second-order valence-electron chi connectivity index (χ2n) is 7.62. The van der Waals surface area contributed by atoms with Gasteiger partial charge in [0.15, 0.2) is 11.5 Å². The van der Waals surface area contributed by atoms with Crippen molar-refractivity contribution in [1.82, 2.24) is 29.7 Å². The molecule has 3 atom stereocenters. The van der Waals surface area contributed by atoms with Gasteiger partial charge in [0.25, 0.3) is 5.56 Å². The monoisotopic (exact) mass is 418 g/mol. The average molecular weight is 419 g/mol. The Hall–Kier alpha value is -3.39. The molecule has 1 fully saturated rings. The summed E-state index contributed by atoms with van der Waals surface area (Å²) in [6, 6.07) is 7.09. The first kappa shape index (κ1) is 17.5. The van der Waals surface area contributed by atoms with Crippen molar-refractivity contribution in [3.8, 4) is 0 Å². The van der Waals surface area contributed by atoms with Crippen LogP contribution in [0, 0.1) is 11.8 Å². The molecule has 1 saturated carbocycles. The molecular formula is C21H15ClN6O2. The number of fused-ring (bicyclic) bond motifs is 2. The first-order chi connectivity index (χ1) is 14.7. The van der Waals surface area contributed by atoms with Crippen LogP contribution in [0.15, 0.2) is 58.4 Å². The van der Waals surface area contributed by atoms with E-state index < -0.39 is 0 Å². The van der Waals surface area contributed by atoms with Gasteiger partial charge < -0.3 is 4.52 Å². The molecule has 0 amide bonds. The summed E-state index contributed by atoms with van der Waals surface area (Å²) in [5.74, 6) is 2.19. The molecule has 0 saturated heterocycles. The molecule has 8 nitrogen and oxygen atoms in total. The third-order valence-electron chi connectivity index (χ3n) is 5.81. The van der Waals surface area contributed by atoms with Gasteiger partial charge in [0.1, 0.15) is 12.9 Å². The van der Waals surface area contributed by atoms with Gasteiger partial charge in [-0.3, -0.25) is 14.3 Å². The smallest absolute Gasteiger partial charge is 0.263 e. The Morgan fingerprint density at radius 2 is 2.13 bits per heavy atom. The zero-order valence-corrected chi connectivity index (χ0v) is 16.4. The third-order valence-corrected chi connectivity index (χ3v) is 6.05. The SMILES string of the molecule is O=c1c2cccnc2ncn1Cc1nc([C@@H]2[C@H]3C=C(c4cc(Cl)ccn4)C[C@H]32)no1. The number of hydrogen-bond acceptors (Lipinski definition) is 7. The number of allylic oxidation sites excluding steroid dienone is 2. The number of nitrogens with zero attached hydrogens (tertiary/aromatic N) is 6. The fraction of sp³-hybridized carbons (Fsp3) is 0.238. The van der Waals surface area contributed by atoms with E-state index in [1.807, 2.05) is 6.07 Å². The van der Waals surface area contributed by atoms with Crippen molar-refractivity contribution in [3.63, 3.8) is 0 Å². The van der Waals surface area contributed by atoms with Crippen molar-refractivity contribution in [1.29, 1.82) is 0 Å². The Kier molecular flexibility index (Phi) is 3.82. The highest BCUT2D eigenvalue weighted by atomic mass is 35.5. The highest BCUT2D eigenvalue weighted by molar-refractivity contribution is 6.30. The van der Waals surface area contributed by atoms with E-state index in [0.717, 1.165) is 12.1 Å².